The Morgan fingerprint density at radius 1 is 0.530 bits per heavy atom. The Morgan fingerprint density at radius 2 is 1.09 bits per heavy atom. The summed E-state index contributed by atoms with van der Waals surface area (Å²) in [7, 11) is 0. The third-order valence-electron chi connectivity index (χ3n) is 11.9. The maximum atomic E-state index is 13.1. The van der Waals surface area contributed by atoms with Crippen molar-refractivity contribution >= 4 is 10.8 Å². The zero-order chi connectivity index (χ0) is 49.2. The van der Waals surface area contributed by atoms with Crippen LogP contribution in [0.5, 0.6) is 5.75 Å². The van der Waals surface area contributed by atoms with E-state index in [1.54, 1.807) is 0 Å². The van der Waals surface area contributed by atoms with Crippen LogP contribution >= 0.6 is 0 Å². The smallest absolute Gasteiger partial charge is 0.416 e. The molecule has 0 spiro atoms. The Kier molecular flexibility index (Phi) is 22.6. The van der Waals surface area contributed by atoms with E-state index < -0.39 is 77.6 Å². The van der Waals surface area contributed by atoms with Crippen molar-refractivity contribution in [2.75, 3.05) is 72.7 Å². The van der Waals surface area contributed by atoms with Crippen LogP contribution in [0.3, 0.4) is 0 Å². The van der Waals surface area contributed by atoms with Gasteiger partial charge >= 0.3 is 12.4 Å². The van der Waals surface area contributed by atoms with Gasteiger partial charge in [0.2, 0.25) is 0 Å². The molecular weight excluding hydrogens is 879 g/mol. The minimum atomic E-state index is -5.05. The molecule has 66 heavy (non-hydrogen) atoms. The molecule has 0 aliphatic heterocycles. The average molecular weight is 951 g/mol. The van der Waals surface area contributed by atoms with E-state index in [0.29, 0.717) is 64.6 Å². The second-order valence-corrected chi connectivity index (χ2v) is 18.4. The summed E-state index contributed by atoms with van der Waals surface area (Å²) >= 11 is 0. The van der Waals surface area contributed by atoms with Gasteiger partial charge in [-0.15, -0.1) is 0 Å². The van der Waals surface area contributed by atoms with Gasteiger partial charge in [0, 0.05) is 12.0 Å². The lowest BCUT2D eigenvalue weighted by Crippen LogP contribution is -2.49. The number of hydrogen-bond acceptors (Lipinski definition) is 11. The molecular formula is C49H72F6O11. The third-order valence-corrected chi connectivity index (χ3v) is 11.9. The van der Waals surface area contributed by atoms with Gasteiger partial charge in [0.05, 0.1) is 94.0 Å². The number of ether oxygens (including phenoxy) is 8. The summed E-state index contributed by atoms with van der Waals surface area (Å²) in [5.74, 6) is -0.731. The largest absolute Gasteiger partial charge is 0.491 e. The molecule has 0 bridgehead atoms. The number of hydrogen-bond donors (Lipinski definition) is 3. The van der Waals surface area contributed by atoms with Gasteiger partial charge in [0.1, 0.15) is 30.7 Å². The van der Waals surface area contributed by atoms with E-state index in [2.05, 4.69) is 71.9 Å². The lowest BCUT2D eigenvalue weighted by atomic mass is 9.74. The highest BCUT2D eigenvalue weighted by molar-refractivity contribution is 5.82. The van der Waals surface area contributed by atoms with Gasteiger partial charge in [-0.25, -0.2) is 0 Å². The van der Waals surface area contributed by atoms with Crippen LogP contribution in [0.15, 0.2) is 60.7 Å². The van der Waals surface area contributed by atoms with Crippen molar-refractivity contribution in [3.63, 3.8) is 0 Å². The first-order valence-electron chi connectivity index (χ1n) is 22.5. The van der Waals surface area contributed by atoms with E-state index >= 15 is 0 Å². The SMILES string of the molecule is CCC(C)(CCOCC(O)COCC(O)COCC(O)COc1cc(C(F)(F)F)cc(C(F)(F)F)c1)OCC(C)(C)C(C)(CC)OCCC(C)(C)OCCOCc1ccc2ccccc2c1. The molecule has 3 rings (SSSR count). The minimum Gasteiger partial charge on any atom is -0.491 e. The zero-order valence-electron chi connectivity index (χ0n) is 39.7. The van der Waals surface area contributed by atoms with Crippen LogP contribution in [-0.2, 0) is 52.1 Å². The Morgan fingerprint density at radius 3 is 1.65 bits per heavy atom. The fraction of sp³-hybridized carbons (Fsp3) is 0.673. The number of aliphatic hydroxyl groups excluding tert-OH is 3. The summed E-state index contributed by atoms with van der Waals surface area (Å²) in [6, 6.07) is 15.4. The number of fused-ring (bicyclic) bond motifs is 1. The standard InChI is InChI=1S/C49H72F6O11/c1-9-46(7,66-34-44(3,4)47(8,10-2)65-20-17-45(5,6)64-22-21-60-27-35-15-16-36-13-11-12-14-37(36)23-35)18-19-59-28-40(56)29-61-30-41(57)31-62-32-42(58)33-63-43-25-38(48(50,51)52)24-39(26-43)49(53,54)55/h11-16,23-26,40-42,56-58H,9-10,17-22,27-34H2,1-8H3. The van der Waals surface area contributed by atoms with Gasteiger partial charge in [-0.1, -0.05) is 64.1 Å². The molecule has 0 aromatic heterocycles. The minimum absolute atomic E-state index is 0.0272. The monoisotopic (exact) mass is 950 g/mol. The molecule has 3 aromatic rings. The second kappa shape index (κ2) is 26.0. The van der Waals surface area contributed by atoms with Crippen molar-refractivity contribution in [1.82, 2.24) is 0 Å². The number of halogens is 6. The molecule has 5 unspecified atom stereocenters. The number of alkyl halides is 6. The fourth-order valence-corrected chi connectivity index (χ4v) is 6.66. The van der Waals surface area contributed by atoms with Gasteiger partial charge < -0.3 is 53.2 Å². The van der Waals surface area contributed by atoms with Crippen LogP contribution in [0, 0.1) is 5.41 Å². The molecule has 0 amide bonds. The Hall–Kier alpha value is -3.10. The van der Waals surface area contributed by atoms with E-state index in [1.165, 1.54) is 10.8 Å². The zero-order valence-corrected chi connectivity index (χ0v) is 39.7. The lowest BCUT2D eigenvalue weighted by molar-refractivity contribution is -0.172. The van der Waals surface area contributed by atoms with Crippen molar-refractivity contribution < 1.29 is 79.6 Å². The number of rotatable bonds is 32. The van der Waals surface area contributed by atoms with Crippen molar-refractivity contribution in [2.24, 2.45) is 5.41 Å². The van der Waals surface area contributed by atoms with E-state index in [4.69, 9.17) is 37.9 Å². The normalized spacial score (nSPS) is 16.2. The molecule has 11 nitrogen and oxygen atoms in total. The van der Waals surface area contributed by atoms with Gasteiger partial charge in [-0.3, -0.25) is 0 Å². The van der Waals surface area contributed by atoms with Gasteiger partial charge in [-0.05, 0) is 94.0 Å². The van der Waals surface area contributed by atoms with Crippen molar-refractivity contribution in [2.45, 2.75) is 135 Å². The van der Waals surface area contributed by atoms with Crippen LogP contribution in [-0.4, -0.2) is 123 Å². The Labute approximate surface area is 385 Å². The molecule has 0 fully saturated rings. The lowest BCUT2D eigenvalue weighted by Gasteiger charge is -2.45. The van der Waals surface area contributed by atoms with Crippen LogP contribution < -0.4 is 4.74 Å². The summed E-state index contributed by atoms with van der Waals surface area (Å²) in [5, 5.41) is 33.0. The highest BCUT2D eigenvalue weighted by Gasteiger charge is 2.43. The Bertz CT molecular complexity index is 1830. The maximum Gasteiger partial charge on any atom is 0.416 e. The first kappa shape index (κ1) is 57.2. The van der Waals surface area contributed by atoms with Gasteiger partial charge in [0.25, 0.3) is 0 Å². The Balaban J connectivity index is 1.28. The first-order valence-corrected chi connectivity index (χ1v) is 22.5. The topological polar surface area (TPSA) is 135 Å². The quantitative estimate of drug-likeness (QED) is 0.0408. The highest BCUT2D eigenvalue weighted by atomic mass is 19.4. The summed E-state index contributed by atoms with van der Waals surface area (Å²) in [4.78, 5) is 0. The molecule has 0 heterocycles. The molecule has 0 saturated carbocycles. The molecule has 3 N–H and O–H groups in total. The molecule has 0 saturated heterocycles. The number of aliphatic hydroxyl groups is 3. The molecule has 17 heteroatoms. The van der Waals surface area contributed by atoms with E-state index in [9.17, 15) is 41.7 Å². The second-order valence-electron chi connectivity index (χ2n) is 18.4. The van der Waals surface area contributed by atoms with Gasteiger partial charge in [0.15, 0.2) is 0 Å². The summed E-state index contributed by atoms with van der Waals surface area (Å²) in [6.07, 6.45) is -10.9. The van der Waals surface area contributed by atoms with Crippen LogP contribution in [0.25, 0.3) is 10.8 Å². The maximum absolute atomic E-state index is 13.1. The van der Waals surface area contributed by atoms with Crippen molar-refractivity contribution in [1.29, 1.82) is 0 Å². The summed E-state index contributed by atoms with van der Waals surface area (Å²) in [6.45, 7) is 17.6. The first-order chi connectivity index (χ1) is 30.8. The average Bonchev–Trinajstić information content (AvgIpc) is 3.25. The third kappa shape index (κ3) is 19.9. The van der Waals surface area contributed by atoms with E-state index in [-0.39, 0.29) is 37.9 Å². The van der Waals surface area contributed by atoms with Crippen LogP contribution in [0.1, 0.15) is 97.8 Å². The fourth-order valence-electron chi connectivity index (χ4n) is 6.66. The summed E-state index contributed by atoms with van der Waals surface area (Å²) < 4.78 is 125. The molecule has 0 aliphatic carbocycles. The van der Waals surface area contributed by atoms with Gasteiger partial charge in [-0.2, -0.15) is 26.3 Å². The van der Waals surface area contributed by atoms with E-state index in [1.807, 2.05) is 26.0 Å². The summed E-state index contributed by atoms with van der Waals surface area (Å²) in [5.41, 5.74) is -3.71. The van der Waals surface area contributed by atoms with Crippen molar-refractivity contribution in [3.05, 3.63) is 77.4 Å². The number of benzene rings is 3. The molecule has 0 aliphatic rings. The highest BCUT2D eigenvalue weighted by Crippen LogP contribution is 2.40. The predicted molar refractivity (Wildman–Crippen MR) is 238 cm³/mol. The van der Waals surface area contributed by atoms with Crippen LogP contribution in [0.2, 0.25) is 0 Å². The molecule has 5 atom stereocenters. The predicted octanol–water partition coefficient (Wildman–Crippen LogP) is 9.58. The molecule has 376 valence electrons. The van der Waals surface area contributed by atoms with E-state index in [0.717, 1.165) is 18.4 Å². The molecule has 3 aromatic carbocycles. The van der Waals surface area contributed by atoms with Crippen molar-refractivity contribution in [3.8, 4) is 5.75 Å². The molecule has 0 radical (unpaired) electrons. The van der Waals surface area contributed by atoms with Crippen LogP contribution in [0.4, 0.5) is 26.3 Å².